The van der Waals surface area contributed by atoms with E-state index < -0.39 is 18.0 Å². The predicted octanol–water partition coefficient (Wildman–Crippen LogP) is 3.94. The molecule has 3 saturated heterocycles. The molecule has 0 spiro atoms. The van der Waals surface area contributed by atoms with Gasteiger partial charge in [-0.25, -0.2) is 4.79 Å². The number of carboxylic acids is 1. The summed E-state index contributed by atoms with van der Waals surface area (Å²) in [5.41, 5.74) is 10.6. The number of benzene rings is 3. The third kappa shape index (κ3) is 10.4. The fourth-order valence-electron chi connectivity index (χ4n) is 7.98. The number of nitrogens with one attached hydrogen (secondary N) is 1. The average Bonchev–Trinajstić information content (AvgIpc) is 3.81. The molecule has 2 atom stereocenters. The van der Waals surface area contributed by atoms with Crippen LogP contribution in [-0.2, 0) is 61.2 Å². The Labute approximate surface area is 349 Å². The quantitative estimate of drug-likeness (QED) is 0.172. The summed E-state index contributed by atoms with van der Waals surface area (Å²) in [6.45, 7) is 10.2. The zero-order chi connectivity index (χ0) is 42.8. The number of aryl methyl sites for hydroxylation is 2. The molecule has 3 aromatic carbocycles. The second-order valence-electron chi connectivity index (χ2n) is 14.9. The summed E-state index contributed by atoms with van der Waals surface area (Å²) >= 11 is 0. The summed E-state index contributed by atoms with van der Waals surface area (Å²) in [5, 5.41) is 12.3. The van der Waals surface area contributed by atoms with Crippen molar-refractivity contribution in [3.05, 3.63) is 107 Å². The molecule has 0 saturated carbocycles. The van der Waals surface area contributed by atoms with Crippen molar-refractivity contribution < 1.29 is 42.7 Å². The molecule has 3 amide bonds. The molecular weight excluding hydrogens is 769 g/mol. The minimum Gasteiger partial charge on any atom is -0.481 e. The van der Waals surface area contributed by atoms with Gasteiger partial charge in [0.05, 0.1) is 13.1 Å². The lowest BCUT2D eigenvalue weighted by molar-refractivity contribution is -0.159. The van der Waals surface area contributed by atoms with Gasteiger partial charge in [-0.3, -0.25) is 29.0 Å². The highest BCUT2D eigenvalue weighted by Gasteiger charge is 2.39. The SMILES string of the molecule is CC(=O)O.CCc1oc2ccccc2c1CN1CCN(C(=O)CN)C(C(=O)OCc2ccccc2)C1.CCc1oc2ccccc2c1CN1CCN2C(=O)CNC(=O)C2C1. The van der Waals surface area contributed by atoms with Gasteiger partial charge in [0.25, 0.3) is 5.97 Å². The van der Waals surface area contributed by atoms with Crippen molar-refractivity contribution in [2.24, 2.45) is 5.73 Å². The predicted molar refractivity (Wildman–Crippen MR) is 224 cm³/mol. The Kier molecular flexibility index (Phi) is 14.7. The van der Waals surface area contributed by atoms with Gasteiger partial charge in [-0.2, -0.15) is 0 Å². The smallest absolute Gasteiger partial charge is 0.330 e. The molecule has 15 heteroatoms. The molecule has 60 heavy (non-hydrogen) atoms. The molecule has 15 nitrogen and oxygen atoms in total. The maximum absolute atomic E-state index is 13.0. The molecule has 318 valence electrons. The van der Waals surface area contributed by atoms with Crippen molar-refractivity contribution in [1.82, 2.24) is 24.9 Å². The Bertz CT molecular complexity index is 2280. The maximum Gasteiger partial charge on any atom is 0.330 e. The standard InChI is InChI=1S/C25H29N3O4.C18H21N3O3.C2H4O2/c1-2-22-20(19-10-6-7-11-23(19)32-22)15-27-12-13-28(24(29)14-26)21(16-27)25(30)31-17-18-8-4-3-5-9-18;1-2-15-13(12-5-3-4-6-16(12)24-15)10-20-7-8-21-14(11-20)18(23)19-9-17(21)22;1-2(3)4/h3-11,21H,2,12-17,26H2,1H3;3-6,14H,2,7-11H2,1H3,(H,19,23);1H3,(H,3,4). The van der Waals surface area contributed by atoms with Crippen molar-refractivity contribution in [1.29, 1.82) is 0 Å². The monoisotopic (exact) mass is 822 g/mol. The second-order valence-corrected chi connectivity index (χ2v) is 14.9. The van der Waals surface area contributed by atoms with Gasteiger partial charge in [0.1, 0.15) is 41.4 Å². The van der Waals surface area contributed by atoms with Crippen LogP contribution in [-0.4, -0.2) is 119 Å². The van der Waals surface area contributed by atoms with Gasteiger partial charge in [-0.05, 0) is 17.7 Å². The lowest BCUT2D eigenvalue weighted by Gasteiger charge is -2.42. The average molecular weight is 823 g/mol. The molecule has 0 radical (unpaired) electrons. The third-order valence-electron chi connectivity index (χ3n) is 10.9. The first-order valence-corrected chi connectivity index (χ1v) is 20.4. The number of fused-ring (bicyclic) bond motifs is 3. The van der Waals surface area contributed by atoms with E-state index in [1.54, 1.807) is 9.80 Å². The van der Waals surface area contributed by atoms with Gasteiger partial charge in [-0.1, -0.05) is 80.6 Å². The number of carbonyl (C=O) groups excluding carboxylic acids is 4. The number of carboxylic acid groups (broad SMARTS) is 1. The van der Waals surface area contributed by atoms with Gasteiger partial charge in [0, 0.05) is 94.0 Å². The number of furan rings is 2. The highest BCUT2D eigenvalue weighted by molar-refractivity contribution is 5.95. The van der Waals surface area contributed by atoms with E-state index in [2.05, 4.69) is 41.1 Å². The number of amides is 3. The molecule has 3 fully saturated rings. The normalized spacial score (nSPS) is 18.2. The molecular formula is C45H54N6O9. The zero-order valence-electron chi connectivity index (χ0n) is 34.4. The Morgan fingerprint density at radius 2 is 1.32 bits per heavy atom. The van der Waals surface area contributed by atoms with Crippen LogP contribution < -0.4 is 11.1 Å². The molecule has 2 aromatic heterocycles. The fourth-order valence-corrected chi connectivity index (χ4v) is 7.98. The molecule has 5 aromatic rings. The number of esters is 1. The van der Waals surface area contributed by atoms with Crippen LogP contribution in [0.1, 0.15) is 49.0 Å². The van der Waals surface area contributed by atoms with Crippen LogP contribution in [0.25, 0.3) is 21.9 Å². The van der Waals surface area contributed by atoms with E-state index >= 15 is 0 Å². The Hall–Kier alpha value is -6.03. The molecule has 8 rings (SSSR count). The highest BCUT2D eigenvalue weighted by atomic mass is 16.5. The van der Waals surface area contributed by atoms with Crippen molar-refractivity contribution in [3.8, 4) is 0 Å². The first-order valence-electron chi connectivity index (χ1n) is 20.4. The van der Waals surface area contributed by atoms with Gasteiger partial charge < -0.3 is 39.5 Å². The number of nitrogens with two attached hydrogens (primary N) is 1. The summed E-state index contributed by atoms with van der Waals surface area (Å²) in [6.07, 6.45) is 1.63. The van der Waals surface area contributed by atoms with E-state index in [0.717, 1.165) is 77.4 Å². The summed E-state index contributed by atoms with van der Waals surface area (Å²) in [7, 11) is 0. The molecule has 2 unspecified atom stereocenters. The van der Waals surface area contributed by atoms with Crippen molar-refractivity contribution >= 4 is 51.6 Å². The van der Waals surface area contributed by atoms with Gasteiger partial charge >= 0.3 is 5.97 Å². The van der Waals surface area contributed by atoms with E-state index in [1.165, 1.54) is 5.56 Å². The molecule has 5 heterocycles. The number of piperazine rings is 3. The minimum absolute atomic E-state index is 0.0160. The summed E-state index contributed by atoms with van der Waals surface area (Å²) < 4.78 is 17.6. The van der Waals surface area contributed by atoms with Crippen LogP contribution in [0.4, 0.5) is 0 Å². The molecule has 0 bridgehead atoms. The number of aliphatic carboxylic acids is 1. The van der Waals surface area contributed by atoms with Crippen LogP contribution in [0.3, 0.4) is 0 Å². The maximum atomic E-state index is 13.0. The number of hydrogen-bond donors (Lipinski definition) is 3. The summed E-state index contributed by atoms with van der Waals surface area (Å²) in [4.78, 5) is 66.2. The zero-order valence-corrected chi connectivity index (χ0v) is 34.4. The van der Waals surface area contributed by atoms with E-state index in [4.69, 9.17) is 29.2 Å². The highest BCUT2D eigenvalue weighted by Crippen LogP contribution is 2.30. The largest absolute Gasteiger partial charge is 0.481 e. The Morgan fingerprint density at radius 1 is 0.783 bits per heavy atom. The van der Waals surface area contributed by atoms with E-state index in [9.17, 15) is 19.2 Å². The summed E-state index contributed by atoms with van der Waals surface area (Å²) in [5.74, 6) is 0.439. The lowest BCUT2D eigenvalue weighted by atomic mass is 10.1. The number of rotatable bonds is 10. The van der Waals surface area contributed by atoms with Crippen LogP contribution in [0.5, 0.6) is 0 Å². The van der Waals surface area contributed by atoms with Crippen LogP contribution >= 0.6 is 0 Å². The van der Waals surface area contributed by atoms with E-state index in [1.807, 2.05) is 66.7 Å². The summed E-state index contributed by atoms with van der Waals surface area (Å²) in [6, 6.07) is 24.5. The molecule has 3 aliphatic rings. The van der Waals surface area contributed by atoms with Gasteiger partial charge in [0.15, 0.2) is 0 Å². The molecule has 3 aliphatic heterocycles. The van der Waals surface area contributed by atoms with E-state index in [-0.39, 0.29) is 43.5 Å². The number of hydrogen-bond acceptors (Lipinski definition) is 11. The number of carbonyl (C=O) groups is 5. The fraction of sp³-hybridized carbons (Fsp3) is 0.400. The second kappa shape index (κ2) is 20.3. The van der Waals surface area contributed by atoms with Crippen LogP contribution in [0, 0.1) is 0 Å². The third-order valence-corrected chi connectivity index (χ3v) is 10.9. The van der Waals surface area contributed by atoms with Crippen LogP contribution in [0.15, 0.2) is 87.7 Å². The number of para-hydroxylation sites is 2. The Balaban J connectivity index is 0.000000191. The first kappa shape index (κ1) is 43.5. The van der Waals surface area contributed by atoms with Crippen molar-refractivity contribution in [2.45, 2.75) is 65.4 Å². The minimum atomic E-state index is -0.833. The van der Waals surface area contributed by atoms with Crippen molar-refractivity contribution in [3.63, 3.8) is 0 Å². The van der Waals surface area contributed by atoms with Gasteiger partial charge in [0.2, 0.25) is 17.7 Å². The molecule has 0 aliphatic carbocycles. The number of ether oxygens (including phenoxy) is 1. The topological polar surface area (TPSA) is 192 Å². The van der Waals surface area contributed by atoms with E-state index in [0.29, 0.717) is 39.3 Å². The van der Waals surface area contributed by atoms with Gasteiger partial charge in [-0.15, -0.1) is 0 Å². The first-order chi connectivity index (χ1) is 29.0. The Morgan fingerprint density at radius 3 is 1.88 bits per heavy atom. The molecule has 4 N–H and O–H groups in total. The van der Waals surface area contributed by atoms with Crippen molar-refractivity contribution in [2.75, 3.05) is 52.4 Å². The lowest BCUT2D eigenvalue weighted by Crippen LogP contribution is -2.65. The number of nitrogens with zero attached hydrogens (tertiary/aromatic N) is 4. The van der Waals surface area contributed by atoms with Crippen LogP contribution in [0.2, 0.25) is 0 Å².